The van der Waals surface area contributed by atoms with Crippen molar-refractivity contribution in [2.45, 2.75) is 17.9 Å². The summed E-state index contributed by atoms with van der Waals surface area (Å²) in [5.41, 5.74) is 0. The average Bonchev–Trinajstić information content (AvgIpc) is 2.82. The van der Waals surface area contributed by atoms with Crippen molar-refractivity contribution in [1.29, 1.82) is 0 Å². The average molecular weight is 285 g/mol. The number of hydrogen-bond acceptors (Lipinski definition) is 3. The molecule has 0 radical (unpaired) electrons. The smallest absolute Gasteiger partial charge is 0.207 e. The van der Waals surface area contributed by atoms with Gasteiger partial charge in [-0.1, -0.05) is 18.2 Å². The molecule has 2 rings (SSSR count). The third-order valence-electron chi connectivity index (χ3n) is 2.43. The van der Waals surface area contributed by atoms with E-state index >= 15 is 0 Å². The number of rotatable bonds is 4. The van der Waals surface area contributed by atoms with Crippen molar-refractivity contribution in [3.8, 4) is 0 Å². The molecule has 3 nitrogen and oxygen atoms in total. The normalized spacial score (nSPS) is 13.4. The Balaban J connectivity index is 2.26. The van der Waals surface area contributed by atoms with E-state index in [0.29, 0.717) is 0 Å². The Hall–Kier alpha value is -1.24. The molecule has 0 aliphatic carbocycles. The highest BCUT2D eigenvalue weighted by Crippen LogP contribution is 2.21. The molecule has 0 saturated heterocycles. The molecule has 0 fully saturated rings. The first-order chi connectivity index (χ1) is 8.50. The van der Waals surface area contributed by atoms with Gasteiger partial charge in [0, 0.05) is 4.88 Å². The van der Waals surface area contributed by atoms with E-state index in [9.17, 15) is 12.8 Å². The summed E-state index contributed by atoms with van der Waals surface area (Å²) in [5.74, 6) is -0.747. The van der Waals surface area contributed by atoms with Crippen molar-refractivity contribution < 1.29 is 12.8 Å². The fraction of sp³-hybridized carbons (Fsp3) is 0.167. The summed E-state index contributed by atoms with van der Waals surface area (Å²) in [6, 6.07) is 8.62. The lowest BCUT2D eigenvalue weighted by Gasteiger charge is -2.13. The maximum atomic E-state index is 13.5. The number of thiophene rings is 1. The number of nitrogens with one attached hydrogen (secondary N) is 1. The lowest BCUT2D eigenvalue weighted by atomic mass is 10.3. The molecule has 96 valence electrons. The maximum Gasteiger partial charge on any atom is 0.244 e. The van der Waals surface area contributed by atoms with Gasteiger partial charge in [0.05, 0.1) is 6.04 Å². The first-order valence-electron chi connectivity index (χ1n) is 5.31. The van der Waals surface area contributed by atoms with Crippen LogP contribution in [0.3, 0.4) is 0 Å². The molecule has 1 N–H and O–H groups in total. The summed E-state index contributed by atoms with van der Waals surface area (Å²) in [6.07, 6.45) is 0. The molecule has 18 heavy (non-hydrogen) atoms. The molecule has 0 spiro atoms. The Morgan fingerprint density at radius 2 is 1.94 bits per heavy atom. The van der Waals surface area contributed by atoms with Gasteiger partial charge in [-0.05, 0) is 30.5 Å². The van der Waals surface area contributed by atoms with E-state index < -0.39 is 15.8 Å². The van der Waals surface area contributed by atoms with Crippen LogP contribution in [-0.2, 0) is 10.0 Å². The Kier molecular flexibility index (Phi) is 3.79. The van der Waals surface area contributed by atoms with E-state index in [0.717, 1.165) is 10.9 Å². The van der Waals surface area contributed by atoms with Crippen LogP contribution in [0.4, 0.5) is 4.39 Å². The molecule has 0 saturated carbocycles. The highest BCUT2D eigenvalue weighted by Gasteiger charge is 2.21. The fourth-order valence-electron chi connectivity index (χ4n) is 1.55. The molecular weight excluding hydrogens is 273 g/mol. The molecule has 1 aromatic heterocycles. The second-order valence-corrected chi connectivity index (χ2v) is 6.45. The van der Waals surface area contributed by atoms with Crippen LogP contribution in [0.5, 0.6) is 0 Å². The van der Waals surface area contributed by atoms with Crippen molar-refractivity contribution >= 4 is 21.4 Å². The summed E-state index contributed by atoms with van der Waals surface area (Å²) in [7, 11) is -3.83. The Morgan fingerprint density at radius 1 is 1.22 bits per heavy atom. The molecule has 0 aliphatic rings. The standard InChI is InChI=1S/C12H12FNO2S2/c1-9(11-6-4-8-17-11)14-18(15,16)12-7-3-2-5-10(12)13/h2-9,14H,1H3/t9-/m0/s1. The number of benzene rings is 1. The maximum absolute atomic E-state index is 13.5. The quantitative estimate of drug-likeness (QED) is 0.939. The predicted molar refractivity (Wildman–Crippen MR) is 69.5 cm³/mol. The molecule has 1 heterocycles. The lowest BCUT2D eigenvalue weighted by molar-refractivity contribution is 0.548. The van der Waals surface area contributed by atoms with Crippen LogP contribution in [0.1, 0.15) is 17.8 Å². The highest BCUT2D eigenvalue weighted by atomic mass is 32.2. The van der Waals surface area contributed by atoms with Crippen molar-refractivity contribution in [3.63, 3.8) is 0 Å². The van der Waals surface area contributed by atoms with Gasteiger partial charge >= 0.3 is 0 Å². The molecule has 0 amide bonds. The van der Waals surface area contributed by atoms with Crippen LogP contribution in [-0.4, -0.2) is 8.42 Å². The zero-order valence-corrected chi connectivity index (χ0v) is 11.3. The highest BCUT2D eigenvalue weighted by molar-refractivity contribution is 7.89. The zero-order chi connectivity index (χ0) is 13.2. The van der Waals surface area contributed by atoms with Gasteiger partial charge in [0.25, 0.3) is 0 Å². The summed E-state index contributed by atoms with van der Waals surface area (Å²) >= 11 is 1.45. The van der Waals surface area contributed by atoms with Crippen LogP contribution in [0, 0.1) is 5.82 Å². The molecule has 0 unspecified atom stereocenters. The van der Waals surface area contributed by atoms with Gasteiger partial charge in [0.1, 0.15) is 10.7 Å². The summed E-state index contributed by atoms with van der Waals surface area (Å²) in [6.45, 7) is 1.73. The summed E-state index contributed by atoms with van der Waals surface area (Å²) < 4.78 is 39.9. The van der Waals surface area contributed by atoms with Gasteiger partial charge < -0.3 is 0 Å². The molecule has 0 bridgehead atoms. The monoisotopic (exact) mass is 285 g/mol. The van der Waals surface area contributed by atoms with Gasteiger partial charge in [-0.3, -0.25) is 0 Å². The van der Waals surface area contributed by atoms with Crippen molar-refractivity contribution in [3.05, 3.63) is 52.5 Å². The van der Waals surface area contributed by atoms with Crippen LogP contribution in [0.25, 0.3) is 0 Å². The zero-order valence-electron chi connectivity index (χ0n) is 9.63. The van der Waals surface area contributed by atoms with Crippen molar-refractivity contribution in [2.75, 3.05) is 0 Å². The minimum Gasteiger partial charge on any atom is -0.207 e. The van der Waals surface area contributed by atoms with Crippen LogP contribution >= 0.6 is 11.3 Å². The third-order valence-corrected chi connectivity index (χ3v) is 5.06. The molecule has 0 aliphatic heterocycles. The Morgan fingerprint density at radius 3 is 2.56 bits per heavy atom. The minimum absolute atomic E-state index is 0.326. The summed E-state index contributed by atoms with van der Waals surface area (Å²) in [5, 5.41) is 1.86. The molecule has 2 aromatic rings. The fourth-order valence-corrected chi connectivity index (χ4v) is 3.67. The van der Waals surface area contributed by atoms with Gasteiger partial charge in [0.15, 0.2) is 0 Å². The largest absolute Gasteiger partial charge is 0.244 e. The molecule has 6 heteroatoms. The first-order valence-corrected chi connectivity index (χ1v) is 7.67. The van der Waals surface area contributed by atoms with Crippen LogP contribution in [0.2, 0.25) is 0 Å². The third kappa shape index (κ3) is 2.77. The van der Waals surface area contributed by atoms with Crippen molar-refractivity contribution in [1.82, 2.24) is 4.72 Å². The SMILES string of the molecule is C[C@H](NS(=O)(=O)c1ccccc1F)c1cccs1. The van der Waals surface area contributed by atoms with E-state index in [4.69, 9.17) is 0 Å². The number of sulfonamides is 1. The minimum atomic E-state index is -3.83. The molecule has 1 atom stereocenters. The first kappa shape index (κ1) is 13.2. The van der Waals surface area contributed by atoms with E-state index in [1.165, 1.54) is 29.5 Å². The van der Waals surface area contributed by atoms with Gasteiger partial charge in [-0.2, -0.15) is 0 Å². The second-order valence-electron chi connectivity index (χ2n) is 3.79. The van der Waals surface area contributed by atoms with E-state index in [-0.39, 0.29) is 10.9 Å². The lowest BCUT2D eigenvalue weighted by Crippen LogP contribution is -2.27. The van der Waals surface area contributed by atoms with Gasteiger partial charge in [-0.15, -0.1) is 11.3 Å². The number of hydrogen-bond donors (Lipinski definition) is 1. The van der Waals surface area contributed by atoms with Crippen LogP contribution < -0.4 is 4.72 Å². The van der Waals surface area contributed by atoms with Gasteiger partial charge in [0.2, 0.25) is 10.0 Å². The second kappa shape index (κ2) is 5.17. The summed E-state index contributed by atoms with van der Waals surface area (Å²) in [4.78, 5) is 0.559. The van der Waals surface area contributed by atoms with E-state index in [1.807, 2.05) is 17.5 Å². The van der Waals surface area contributed by atoms with Crippen molar-refractivity contribution in [2.24, 2.45) is 0 Å². The number of halogens is 1. The Bertz CT molecular complexity index is 623. The molecular formula is C12H12FNO2S2. The van der Waals surface area contributed by atoms with Crippen LogP contribution in [0.15, 0.2) is 46.7 Å². The van der Waals surface area contributed by atoms with Gasteiger partial charge in [-0.25, -0.2) is 17.5 Å². The predicted octanol–water partition coefficient (Wildman–Crippen LogP) is 2.93. The van der Waals surface area contributed by atoms with E-state index in [1.54, 1.807) is 6.92 Å². The molecule has 1 aromatic carbocycles. The van der Waals surface area contributed by atoms with E-state index in [2.05, 4.69) is 4.72 Å². The topological polar surface area (TPSA) is 46.2 Å². The Labute approximate surface area is 109 Å².